The van der Waals surface area contributed by atoms with Gasteiger partial charge in [0.15, 0.2) is 0 Å². The summed E-state index contributed by atoms with van der Waals surface area (Å²) in [5.74, 6) is 0.253. The van der Waals surface area contributed by atoms with E-state index in [0.717, 1.165) is 16.7 Å². The van der Waals surface area contributed by atoms with Gasteiger partial charge in [0, 0.05) is 19.1 Å². The van der Waals surface area contributed by atoms with E-state index in [1.165, 1.54) is 6.33 Å². The third-order valence-corrected chi connectivity index (χ3v) is 4.58. The van der Waals surface area contributed by atoms with Crippen LogP contribution >= 0.6 is 0 Å². The Labute approximate surface area is 161 Å². The van der Waals surface area contributed by atoms with E-state index >= 15 is 0 Å². The van der Waals surface area contributed by atoms with E-state index in [0.29, 0.717) is 29.0 Å². The van der Waals surface area contributed by atoms with Gasteiger partial charge in [-0.25, -0.2) is 0 Å². The zero-order valence-electron chi connectivity index (χ0n) is 15.2. The van der Waals surface area contributed by atoms with E-state index in [2.05, 4.69) is 21.1 Å². The summed E-state index contributed by atoms with van der Waals surface area (Å²) in [6.07, 6.45) is 1.86. The van der Waals surface area contributed by atoms with Crippen LogP contribution in [0.25, 0.3) is 16.9 Å². The van der Waals surface area contributed by atoms with Crippen LogP contribution in [0.2, 0.25) is 0 Å². The Morgan fingerprint density at radius 3 is 2.68 bits per heavy atom. The minimum absolute atomic E-state index is 0.0774. The zero-order chi connectivity index (χ0) is 19.5. The summed E-state index contributed by atoms with van der Waals surface area (Å²) in [7, 11) is 1.59. The van der Waals surface area contributed by atoms with Crippen LogP contribution in [0.15, 0.2) is 54.9 Å². The highest BCUT2D eigenvalue weighted by atomic mass is 16.5. The molecule has 0 unspecified atom stereocenters. The van der Waals surface area contributed by atoms with E-state index in [4.69, 9.17) is 4.74 Å². The molecular formula is C21H17N5O2. The summed E-state index contributed by atoms with van der Waals surface area (Å²) in [6.45, 7) is 0.277. The van der Waals surface area contributed by atoms with Crippen molar-refractivity contribution in [3.8, 4) is 23.1 Å². The first-order valence-corrected chi connectivity index (χ1v) is 8.69. The summed E-state index contributed by atoms with van der Waals surface area (Å²) in [5, 5.41) is 23.9. The first-order chi connectivity index (χ1) is 13.7. The lowest BCUT2D eigenvalue weighted by molar-refractivity contribution is 0.178. The summed E-state index contributed by atoms with van der Waals surface area (Å²) < 4.78 is 6.86. The molecule has 2 aromatic heterocycles. The molecule has 0 fully saturated rings. The number of nitriles is 1. The second-order valence-electron chi connectivity index (χ2n) is 6.30. The molecule has 0 bridgehead atoms. The third kappa shape index (κ3) is 3.17. The highest BCUT2D eigenvalue weighted by Crippen LogP contribution is 2.27. The Bertz CT molecular complexity index is 1180. The number of rotatable bonds is 5. The van der Waals surface area contributed by atoms with E-state index in [9.17, 15) is 10.4 Å². The molecule has 0 aliphatic rings. The van der Waals surface area contributed by atoms with Gasteiger partial charge < -0.3 is 9.84 Å². The van der Waals surface area contributed by atoms with Crippen molar-refractivity contribution in [2.75, 3.05) is 7.11 Å². The molecule has 0 amide bonds. The second kappa shape index (κ2) is 7.47. The normalized spacial score (nSPS) is 10.9. The number of hydrogen-bond donors (Lipinski definition) is 1. The van der Waals surface area contributed by atoms with Crippen molar-refractivity contribution >= 4 is 5.78 Å². The largest absolute Gasteiger partial charge is 0.493 e. The first kappa shape index (κ1) is 17.6. The van der Waals surface area contributed by atoms with E-state index in [-0.39, 0.29) is 12.5 Å². The number of hydrogen-bond acceptors (Lipinski definition) is 6. The van der Waals surface area contributed by atoms with Gasteiger partial charge in [-0.05, 0) is 22.8 Å². The van der Waals surface area contributed by atoms with Crippen LogP contribution in [-0.4, -0.2) is 31.8 Å². The zero-order valence-corrected chi connectivity index (χ0v) is 15.2. The highest BCUT2D eigenvalue weighted by molar-refractivity contribution is 5.70. The SMILES string of the molecule is COCc1c(Cc2ccc(-c3ccccc3C#N)cc2)c(O)nc2ncnn12. The summed E-state index contributed by atoms with van der Waals surface area (Å²) in [6, 6.07) is 17.6. The summed E-state index contributed by atoms with van der Waals surface area (Å²) >= 11 is 0. The Kier molecular flexibility index (Phi) is 4.70. The number of fused-ring (bicyclic) bond motifs is 1. The van der Waals surface area contributed by atoms with Crippen molar-refractivity contribution in [2.45, 2.75) is 13.0 Å². The molecule has 0 aliphatic carbocycles. The standard InChI is InChI=1S/C21H17N5O2/c1-28-12-19-18(20(27)25-21-23-13-24-26(19)21)10-14-6-8-15(9-7-14)17-5-3-2-4-16(17)11-22/h2-9,13H,10,12H2,1H3,(H,23,24,25,27). The lowest BCUT2D eigenvalue weighted by Crippen LogP contribution is -2.08. The van der Waals surface area contributed by atoms with Gasteiger partial charge in [-0.2, -0.15) is 24.8 Å². The Morgan fingerprint density at radius 1 is 1.14 bits per heavy atom. The lowest BCUT2D eigenvalue weighted by atomic mass is 9.97. The number of nitrogens with zero attached hydrogens (tertiary/aromatic N) is 5. The molecule has 1 N–H and O–H groups in total. The highest BCUT2D eigenvalue weighted by Gasteiger charge is 2.17. The summed E-state index contributed by atoms with van der Waals surface area (Å²) in [4.78, 5) is 8.15. The average Bonchev–Trinajstić information content (AvgIpc) is 3.19. The van der Waals surface area contributed by atoms with Crippen molar-refractivity contribution < 1.29 is 9.84 Å². The number of ether oxygens (including phenoxy) is 1. The van der Waals surface area contributed by atoms with Crippen LogP contribution in [0.1, 0.15) is 22.4 Å². The molecule has 7 heteroatoms. The van der Waals surface area contributed by atoms with Crippen LogP contribution in [-0.2, 0) is 17.8 Å². The number of aromatic nitrogens is 4. The van der Waals surface area contributed by atoms with Crippen molar-refractivity contribution in [3.05, 3.63) is 77.2 Å². The molecular weight excluding hydrogens is 354 g/mol. The molecule has 138 valence electrons. The second-order valence-corrected chi connectivity index (χ2v) is 6.30. The van der Waals surface area contributed by atoms with Crippen molar-refractivity contribution in [1.82, 2.24) is 19.6 Å². The van der Waals surface area contributed by atoms with Crippen molar-refractivity contribution in [2.24, 2.45) is 0 Å². The molecule has 0 atom stereocenters. The minimum atomic E-state index is -0.0774. The van der Waals surface area contributed by atoms with Gasteiger partial charge in [-0.15, -0.1) is 0 Å². The fourth-order valence-electron chi connectivity index (χ4n) is 3.23. The van der Waals surface area contributed by atoms with Gasteiger partial charge in [0.05, 0.1) is 23.9 Å². The first-order valence-electron chi connectivity index (χ1n) is 8.69. The quantitative estimate of drug-likeness (QED) is 0.579. The number of aromatic hydroxyl groups is 1. The van der Waals surface area contributed by atoms with Crippen LogP contribution in [0.4, 0.5) is 0 Å². The Morgan fingerprint density at radius 2 is 1.93 bits per heavy atom. The van der Waals surface area contributed by atoms with Crippen molar-refractivity contribution in [3.63, 3.8) is 0 Å². The van der Waals surface area contributed by atoms with Gasteiger partial charge in [-0.3, -0.25) is 0 Å². The maximum Gasteiger partial charge on any atom is 0.255 e. The Hall–Kier alpha value is -3.76. The molecule has 2 heterocycles. The van der Waals surface area contributed by atoms with E-state index in [1.807, 2.05) is 42.5 Å². The van der Waals surface area contributed by atoms with Crippen LogP contribution in [0.5, 0.6) is 5.88 Å². The number of benzene rings is 2. The fraction of sp³-hybridized carbons (Fsp3) is 0.143. The Balaban J connectivity index is 1.69. The van der Waals surface area contributed by atoms with Gasteiger partial charge in [-0.1, -0.05) is 42.5 Å². The molecule has 4 rings (SSSR count). The van der Waals surface area contributed by atoms with E-state index in [1.54, 1.807) is 17.7 Å². The molecule has 0 saturated carbocycles. The number of methoxy groups -OCH3 is 1. The van der Waals surface area contributed by atoms with Gasteiger partial charge >= 0.3 is 0 Å². The van der Waals surface area contributed by atoms with Gasteiger partial charge in [0.1, 0.15) is 6.33 Å². The molecule has 7 nitrogen and oxygen atoms in total. The van der Waals surface area contributed by atoms with Crippen LogP contribution in [0, 0.1) is 11.3 Å². The fourth-order valence-corrected chi connectivity index (χ4v) is 3.23. The molecule has 2 aromatic carbocycles. The molecule has 0 saturated heterocycles. The minimum Gasteiger partial charge on any atom is -0.493 e. The maximum absolute atomic E-state index is 10.4. The lowest BCUT2D eigenvalue weighted by Gasteiger charge is -2.12. The molecule has 0 spiro atoms. The van der Waals surface area contributed by atoms with Crippen LogP contribution < -0.4 is 0 Å². The van der Waals surface area contributed by atoms with Gasteiger partial charge in [0.2, 0.25) is 5.88 Å². The maximum atomic E-state index is 10.4. The van der Waals surface area contributed by atoms with Crippen LogP contribution in [0.3, 0.4) is 0 Å². The van der Waals surface area contributed by atoms with E-state index < -0.39 is 0 Å². The monoisotopic (exact) mass is 371 g/mol. The summed E-state index contributed by atoms with van der Waals surface area (Å²) in [5.41, 5.74) is 4.84. The average molecular weight is 371 g/mol. The predicted molar refractivity (Wildman–Crippen MR) is 103 cm³/mol. The van der Waals surface area contributed by atoms with Gasteiger partial charge in [0.25, 0.3) is 5.78 Å². The molecule has 0 radical (unpaired) electrons. The third-order valence-electron chi connectivity index (χ3n) is 4.58. The topological polar surface area (TPSA) is 96.3 Å². The molecule has 0 aliphatic heterocycles. The van der Waals surface area contributed by atoms with Crippen molar-refractivity contribution in [1.29, 1.82) is 5.26 Å². The smallest absolute Gasteiger partial charge is 0.255 e. The molecule has 4 aromatic rings. The predicted octanol–water partition coefficient (Wildman–Crippen LogP) is 3.11. The molecule has 28 heavy (non-hydrogen) atoms.